The highest BCUT2D eigenvalue weighted by atomic mass is 35.5. The highest BCUT2D eigenvalue weighted by molar-refractivity contribution is 7.99. The van der Waals surface area contributed by atoms with Crippen LogP contribution in [0.25, 0.3) is 0 Å². The number of aryl methyl sites for hydroxylation is 1. The number of hydrogen-bond acceptors (Lipinski definition) is 6. The second-order valence-corrected chi connectivity index (χ2v) is 7.31. The van der Waals surface area contributed by atoms with Gasteiger partial charge in [-0.1, -0.05) is 41.6 Å². The molecule has 3 aromatic rings. The number of carbonyl (C=O) groups excluding carboxylic acids is 1. The first kappa shape index (κ1) is 20.4. The van der Waals surface area contributed by atoms with Crippen LogP contribution in [-0.2, 0) is 22.6 Å². The van der Waals surface area contributed by atoms with E-state index in [0.29, 0.717) is 29.1 Å². The van der Waals surface area contributed by atoms with E-state index in [4.69, 9.17) is 16.3 Å². The van der Waals surface area contributed by atoms with Gasteiger partial charge in [-0.25, -0.2) is 4.68 Å². The molecule has 0 spiro atoms. The molecule has 8 nitrogen and oxygen atoms in total. The van der Waals surface area contributed by atoms with Crippen LogP contribution in [0.3, 0.4) is 0 Å². The number of nitrogens with zero attached hydrogens (tertiary/aromatic N) is 5. The Morgan fingerprint density at radius 1 is 1.32 bits per heavy atom. The SMILES string of the molecule is COCCCn1cnnc1SCC(=O)Nc1ccnn1Cc1ccccc1Cl. The summed E-state index contributed by atoms with van der Waals surface area (Å²) in [4.78, 5) is 12.4. The van der Waals surface area contributed by atoms with E-state index in [2.05, 4.69) is 20.6 Å². The van der Waals surface area contributed by atoms with E-state index in [-0.39, 0.29) is 11.7 Å². The molecular weight excluding hydrogens is 400 g/mol. The van der Waals surface area contributed by atoms with Gasteiger partial charge in [0, 0.05) is 31.4 Å². The summed E-state index contributed by atoms with van der Waals surface area (Å²) in [5.41, 5.74) is 0.932. The van der Waals surface area contributed by atoms with Gasteiger partial charge in [0.2, 0.25) is 5.91 Å². The van der Waals surface area contributed by atoms with Crippen molar-refractivity contribution >= 4 is 35.1 Å². The topological polar surface area (TPSA) is 86.9 Å². The molecule has 10 heteroatoms. The lowest BCUT2D eigenvalue weighted by Crippen LogP contribution is -2.18. The quantitative estimate of drug-likeness (QED) is 0.401. The Labute approximate surface area is 172 Å². The van der Waals surface area contributed by atoms with E-state index in [9.17, 15) is 4.79 Å². The first-order valence-corrected chi connectivity index (χ1v) is 10.1. The van der Waals surface area contributed by atoms with Gasteiger partial charge in [0.15, 0.2) is 5.16 Å². The third kappa shape index (κ3) is 5.57. The van der Waals surface area contributed by atoms with E-state index in [0.717, 1.165) is 18.5 Å². The van der Waals surface area contributed by atoms with Gasteiger partial charge in [-0.3, -0.25) is 4.79 Å². The van der Waals surface area contributed by atoms with Crippen LogP contribution in [0.15, 0.2) is 48.0 Å². The zero-order chi connectivity index (χ0) is 19.8. The van der Waals surface area contributed by atoms with Crippen LogP contribution in [0.5, 0.6) is 0 Å². The van der Waals surface area contributed by atoms with Crippen LogP contribution in [0.4, 0.5) is 5.82 Å². The molecule has 0 radical (unpaired) electrons. The molecular formula is C18H21ClN6O2S. The molecule has 0 saturated carbocycles. The fourth-order valence-electron chi connectivity index (χ4n) is 2.55. The molecule has 1 N–H and O–H groups in total. The molecule has 0 fully saturated rings. The predicted octanol–water partition coefficient (Wildman–Crippen LogP) is 2.94. The van der Waals surface area contributed by atoms with Gasteiger partial charge in [-0.15, -0.1) is 10.2 Å². The number of carbonyl (C=O) groups is 1. The van der Waals surface area contributed by atoms with Crippen LogP contribution in [0.1, 0.15) is 12.0 Å². The van der Waals surface area contributed by atoms with Gasteiger partial charge in [-0.2, -0.15) is 5.10 Å². The largest absolute Gasteiger partial charge is 0.385 e. The number of thioether (sulfide) groups is 1. The van der Waals surface area contributed by atoms with Gasteiger partial charge in [0.25, 0.3) is 0 Å². The first-order valence-electron chi connectivity index (χ1n) is 8.72. The van der Waals surface area contributed by atoms with Crippen LogP contribution < -0.4 is 5.32 Å². The normalized spacial score (nSPS) is 10.9. The molecule has 1 amide bonds. The Bertz CT molecular complexity index is 913. The van der Waals surface area contributed by atoms with Crippen molar-refractivity contribution in [3.63, 3.8) is 0 Å². The van der Waals surface area contributed by atoms with Crippen molar-refractivity contribution in [3.8, 4) is 0 Å². The molecule has 3 rings (SSSR count). The Hall–Kier alpha value is -2.36. The standard InChI is InChI=1S/C18H21ClN6O2S/c1-27-10-4-9-24-13-20-23-18(24)28-12-17(26)22-16-7-8-21-25(16)11-14-5-2-3-6-15(14)19/h2-3,5-8,13H,4,9-12H2,1H3,(H,22,26). The summed E-state index contributed by atoms with van der Waals surface area (Å²) >= 11 is 7.55. The van der Waals surface area contributed by atoms with E-state index >= 15 is 0 Å². The van der Waals surface area contributed by atoms with Crippen LogP contribution >= 0.6 is 23.4 Å². The number of nitrogens with one attached hydrogen (secondary N) is 1. The maximum absolute atomic E-state index is 12.4. The fraction of sp³-hybridized carbons (Fsp3) is 0.333. The molecule has 0 saturated heterocycles. The van der Waals surface area contributed by atoms with E-state index in [1.165, 1.54) is 11.8 Å². The summed E-state index contributed by atoms with van der Waals surface area (Å²) < 4.78 is 8.68. The average Bonchev–Trinajstić information content (AvgIpc) is 3.32. The molecule has 0 aliphatic rings. The number of ether oxygens (including phenoxy) is 1. The second kappa shape index (κ2) is 10.3. The van der Waals surface area contributed by atoms with Gasteiger partial charge < -0.3 is 14.6 Å². The molecule has 0 atom stereocenters. The number of benzene rings is 1. The highest BCUT2D eigenvalue weighted by Crippen LogP contribution is 2.19. The number of anilines is 1. The smallest absolute Gasteiger partial charge is 0.235 e. The Kier molecular flexibility index (Phi) is 7.46. The first-order chi connectivity index (χ1) is 13.7. The summed E-state index contributed by atoms with van der Waals surface area (Å²) in [6.07, 6.45) is 4.16. The molecule has 28 heavy (non-hydrogen) atoms. The van der Waals surface area contributed by atoms with E-state index < -0.39 is 0 Å². The van der Waals surface area contributed by atoms with Crippen molar-refractivity contribution < 1.29 is 9.53 Å². The average molecular weight is 421 g/mol. The van der Waals surface area contributed by atoms with Crippen LogP contribution in [0.2, 0.25) is 5.02 Å². The number of aromatic nitrogens is 5. The summed E-state index contributed by atoms with van der Waals surface area (Å²) in [7, 11) is 1.67. The van der Waals surface area contributed by atoms with Gasteiger partial charge in [0.1, 0.15) is 12.1 Å². The number of hydrogen-bond donors (Lipinski definition) is 1. The molecule has 1 aromatic carbocycles. The number of halogens is 1. The minimum atomic E-state index is -0.141. The number of amides is 1. The van der Waals surface area contributed by atoms with Crippen LogP contribution in [0, 0.1) is 0 Å². The zero-order valence-corrected chi connectivity index (χ0v) is 17.0. The monoisotopic (exact) mass is 420 g/mol. The molecule has 0 aliphatic carbocycles. The maximum Gasteiger partial charge on any atom is 0.235 e. The Morgan fingerprint density at radius 3 is 3.00 bits per heavy atom. The molecule has 0 aliphatic heterocycles. The zero-order valence-electron chi connectivity index (χ0n) is 15.4. The van der Waals surface area contributed by atoms with Gasteiger partial charge in [-0.05, 0) is 18.1 Å². The third-order valence-corrected chi connectivity index (χ3v) is 5.27. The molecule has 148 valence electrons. The lowest BCUT2D eigenvalue weighted by atomic mass is 10.2. The van der Waals surface area contributed by atoms with Crippen molar-refractivity contribution in [1.29, 1.82) is 0 Å². The minimum Gasteiger partial charge on any atom is -0.385 e. The van der Waals surface area contributed by atoms with E-state index in [1.807, 2.05) is 28.8 Å². The highest BCUT2D eigenvalue weighted by Gasteiger charge is 2.12. The van der Waals surface area contributed by atoms with Crippen molar-refractivity contribution in [3.05, 3.63) is 53.4 Å². The Morgan fingerprint density at radius 2 is 2.18 bits per heavy atom. The molecule has 0 unspecified atom stereocenters. The maximum atomic E-state index is 12.4. The summed E-state index contributed by atoms with van der Waals surface area (Å²) in [5.74, 6) is 0.699. The van der Waals surface area contributed by atoms with Gasteiger partial charge in [0.05, 0.1) is 18.5 Å². The summed E-state index contributed by atoms with van der Waals surface area (Å²) in [5, 5.41) is 16.5. The predicted molar refractivity (Wildman–Crippen MR) is 109 cm³/mol. The lowest BCUT2D eigenvalue weighted by Gasteiger charge is -2.10. The van der Waals surface area contributed by atoms with Crippen LogP contribution in [-0.4, -0.2) is 49.9 Å². The Balaban J connectivity index is 1.54. The minimum absolute atomic E-state index is 0.141. The number of methoxy groups -OCH3 is 1. The fourth-order valence-corrected chi connectivity index (χ4v) is 3.49. The van der Waals surface area contributed by atoms with Gasteiger partial charge >= 0.3 is 0 Å². The summed E-state index contributed by atoms with van der Waals surface area (Å²) in [6.45, 7) is 1.89. The third-order valence-electron chi connectivity index (χ3n) is 3.92. The lowest BCUT2D eigenvalue weighted by molar-refractivity contribution is -0.113. The number of rotatable bonds is 10. The summed E-state index contributed by atoms with van der Waals surface area (Å²) in [6, 6.07) is 9.32. The van der Waals surface area contributed by atoms with Crippen molar-refractivity contribution in [2.45, 2.75) is 24.7 Å². The molecule has 0 bridgehead atoms. The van der Waals surface area contributed by atoms with E-state index in [1.54, 1.807) is 30.4 Å². The second-order valence-electron chi connectivity index (χ2n) is 5.96. The molecule has 2 aromatic heterocycles. The van der Waals surface area contributed by atoms with Crippen molar-refractivity contribution in [2.24, 2.45) is 0 Å². The van der Waals surface area contributed by atoms with Crippen molar-refractivity contribution in [2.75, 3.05) is 24.8 Å². The van der Waals surface area contributed by atoms with Crippen molar-refractivity contribution in [1.82, 2.24) is 24.5 Å². The molecule has 2 heterocycles.